The van der Waals surface area contributed by atoms with E-state index >= 15 is 0 Å². The Morgan fingerprint density at radius 1 is 1.30 bits per heavy atom. The molecule has 5 nitrogen and oxygen atoms in total. The van der Waals surface area contributed by atoms with Gasteiger partial charge in [0, 0.05) is 17.4 Å². The highest BCUT2D eigenvalue weighted by Gasteiger charge is 2.50. The number of nitrogens with zero attached hydrogens (tertiary/aromatic N) is 2. The third-order valence-corrected chi connectivity index (χ3v) is 8.95. The summed E-state index contributed by atoms with van der Waals surface area (Å²) in [6, 6.07) is 7.92. The predicted octanol–water partition coefficient (Wildman–Crippen LogP) is 5.00. The zero-order valence-electron chi connectivity index (χ0n) is 18.4. The Morgan fingerprint density at radius 2 is 2.18 bits per heavy atom. The molecule has 0 radical (unpaired) electrons. The first-order valence-corrected chi connectivity index (χ1v) is 12.9. The molecule has 3 aliphatic heterocycles. The second-order valence-electron chi connectivity index (χ2n) is 10.0. The molecule has 1 spiro atoms. The van der Waals surface area contributed by atoms with E-state index in [1.54, 1.807) is 6.07 Å². The van der Waals surface area contributed by atoms with Gasteiger partial charge in [0.25, 0.3) is 0 Å². The molecule has 4 aliphatic rings. The number of benzene rings is 1. The van der Waals surface area contributed by atoms with Gasteiger partial charge < -0.3 is 14.7 Å². The van der Waals surface area contributed by atoms with E-state index in [2.05, 4.69) is 39.0 Å². The van der Waals surface area contributed by atoms with Crippen LogP contribution in [0.4, 0.5) is 4.39 Å². The van der Waals surface area contributed by atoms with E-state index in [1.807, 2.05) is 0 Å². The van der Waals surface area contributed by atoms with Crippen LogP contribution in [0.2, 0.25) is 5.02 Å². The van der Waals surface area contributed by atoms with E-state index in [9.17, 15) is 9.60 Å². The standard InChI is InChI=1S/C25H27BrClFN2O3/c26-17-5-4-16-3-1-7-25(20(16)9-17)12-22-19(14-33-25)21(27)10-23(30(22)31)32-15-24-6-2-8-29(24)13-18(28)11-24/h4-5,9-10,18H,1-3,6-8,11-15H2/t18-,24+,25?/m1/s1. The Bertz CT molecular complexity index is 1120. The Hall–Kier alpha value is -1.41. The molecule has 2 saturated heterocycles. The lowest BCUT2D eigenvalue weighted by Gasteiger charge is -2.41. The molecule has 1 unspecified atom stereocenters. The van der Waals surface area contributed by atoms with Crippen LogP contribution in [0.5, 0.6) is 5.88 Å². The second-order valence-corrected chi connectivity index (χ2v) is 11.4. The third kappa shape index (κ3) is 3.58. The van der Waals surface area contributed by atoms with Crippen LogP contribution in [0.1, 0.15) is 54.5 Å². The largest absolute Gasteiger partial charge is 0.616 e. The summed E-state index contributed by atoms with van der Waals surface area (Å²) < 4.78 is 28.6. The van der Waals surface area contributed by atoms with E-state index in [0.29, 0.717) is 43.3 Å². The number of fused-ring (bicyclic) bond motifs is 4. The van der Waals surface area contributed by atoms with Crippen molar-refractivity contribution in [2.75, 3.05) is 19.7 Å². The van der Waals surface area contributed by atoms with Crippen LogP contribution in [0, 0.1) is 5.21 Å². The van der Waals surface area contributed by atoms with Crippen molar-refractivity contribution in [3.8, 4) is 5.88 Å². The van der Waals surface area contributed by atoms with E-state index in [0.717, 1.165) is 59.0 Å². The minimum atomic E-state index is -0.830. The predicted molar refractivity (Wildman–Crippen MR) is 126 cm³/mol. The lowest BCUT2D eigenvalue weighted by atomic mass is 9.75. The molecular weight excluding hydrogens is 511 g/mol. The van der Waals surface area contributed by atoms with Gasteiger partial charge in [-0.3, -0.25) is 4.90 Å². The number of hydrogen-bond acceptors (Lipinski definition) is 4. The zero-order chi connectivity index (χ0) is 22.8. The van der Waals surface area contributed by atoms with Crippen LogP contribution >= 0.6 is 27.5 Å². The Balaban J connectivity index is 1.32. The first-order chi connectivity index (χ1) is 15.9. The van der Waals surface area contributed by atoms with Gasteiger partial charge in [0.15, 0.2) is 0 Å². The molecular formula is C25H27BrClFN2O3. The molecule has 0 saturated carbocycles. The fourth-order valence-electron chi connectivity index (χ4n) is 6.49. The van der Waals surface area contributed by atoms with Crippen LogP contribution < -0.4 is 9.47 Å². The van der Waals surface area contributed by atoms with Crippen LogP contribution in [-0.4, -0.2) is 36.3 Å². The number of rotatable bonds is 3. The lowest BCUT2D eigenvalue weighted by molar-refractivity contribution is -0.624. The van der Waals surface area contributed by atoms with Gasteiger partial charge in [-0.15, -0.1) is 4.73 Å². The van der Waals surface area contributed by atoms with Crippen LogP contribution in [0.25, 0.3) is 0 Å². The van der Waals surface area contributed by atoms with Gasteiger partial charge in [-0.05, 0) is 61.9 Å². The number of halogens is 3. The monoisotopic (exact) mass is 536 g/mol. The van der Waals surface area contributed by atoms with Crippen molar-refractivity contribution < 1.29 is 18.6 Å². The van der Waals surface area contributed by atoms with Gasteiger partial charge in [-0.2, -0.15) is 0 Å². The van der Waals surface area contributed by atoms with Crippen LogP contribution in [0.15, 0.2) is 28.7 Å². The maximum atomic E-state index is 14.1. The molecule has 2 aromatic rings. The number of hydrogen-bond donors (Lipinski definition) is 0. The van der Waals surface area contributed by atoms with Gasteiger partial charge >= 0.3 is 5.88 Å². The van der Waals surface area contributed by atoms with Crippen molar-refractivity contribution in [3.63, 3.8) is 0 Å². The summed E-state index contributed by atoms with van der Waals surface area (Å²) in [5, 5.41) is 14.0. The van der Waals surface area contributed by atoms with Crippen molar-refractivity contribution in [1.82, 2.24) is 4.90 Å². The zero-order valence-corrected chi connectivity index (χ0v) is 20.8. The van der Waals surface area contributed by atoms with Crippen molar-refractivity contribution in [2.24, 2.45) is 0 Å². The molecule has 0 bridgehead atoms. The van der Waals surface area contributed by atoms with Gasteiger partial charge in [-0.25, -0.2) is 4.39 Å². The SMILES string of the molecule is [O-][n+]1c(OC[C@@]23CCCN2C[C@H](F)C3)cc(Cl)c2c1CC1(CCCc3ccc(Br)cc31)OC2. The van der Waals surface area contributed by atoms with E-state index in [1.165, 1.54) is 5.56 Å². The molecule has 3 atom stereocenters. The summed E-state index contributed by atoms with van der Waals surface area (Å²) in [4.78, 5) is 2.19. The first-order valence-electron chi connectivity index (χ1n) is 11.8. The lowest BCUT2D eigenvalue weighted by Crippen LogP contribution is -2.48. The molecule has 4 heterocycles. The average molecular weight is 538 g/mol. The summed E-state index contributed by atoms with van der Waals surface area (Å²) in [5.41, 5.74) is 2.92. The molecule has 1 aliphatic carbocycles. The highest BCUT2D eigenvalue weighted by molar-refractivity contribution is 9.10. The maximum Gasteiger partial charge on any atom is 0.381 e. The molecule has 1 aromatic carbocycles. The van der Waals surface area contributed by atoms with Gasteiger partial charge in [0.2, 0.25) is 5.69 Å². The van der Waals surface area contributed by atoms with Gasteiger partial charge in [-0.1, -0.05) is 33.6 Å². The normalized spacial score (nSPS) is 30.8. The second kappa shape index (κ2) is 8.08. The van der Waals surface area contributed by atoms with Crippen molar-refractivity contribution in [3.05, 3.63) is 61.4 Å². The van der Waals surface area contributed by atoms with Crippen LogP contribution in [-0.2, 0) is 29.8 Å². The maximum absolute atomic E-state index is 14.1. The quantitative estimate of drug-likeness (QED) is 0.409. The summed E-state index contributed by atoms with van der Waals surface area (Å²) in [5.74, 6) is 0.199. The topological polar surface area (TPSA) is 48.6 Å². The fourth-order valence-corrected chi connectivity index (χ4v) is 7.11. The Morgan fingerprint density at radius 3 is 3.06 bits per heavy atom. The number of pyridine rings is 1. The third-order valence-electron chi connectivity index (χ3n) is 8.12. The molecule has 0 N–H and O–H groups in total. The van der Waals surface area contributed by atoms with Crippen molar-refractivity contribution in [2.45, 2.75) is 68.9 Å². The van der Waals surface area contributed by atoms with Crippen LogP contribution in [0.3, 0.4) is 0 Å². The minimum Gasteiger partial charge on any atom is -0.616 e. The van der Waals surface area contributed by atoms with E-state index in [-0.39, 0.29) is 11.4 Å². The smallest absolute Gasteiger partial charge is 0.381 e. The van der Waals surface area contributed by atoms with E-state index < -0.39 is 11.8 Å². The fraction of sp³-hybridized carbons (Fsp3) is 0.560. The summed E-state index contributed by atoms with van der Waals surface area (Å²) in [6.07, 6.45) is 4.90. The summed E-state index contributed by atoms with van der Waals surface area (Å²) >= 11 is 10.2. The van der Waals surface area contributed by atoms with Gasteiger partial charge in [0.05, 0.1) is 35.2 Å². The number of aromatic nitrogens is 1. The number of ether oxygens (including phenoxy) is 2. The minimum absolute atomic E-state index is 0.199. The molecule has 0 amide bonds. The van der Waals surface area contributed by atoms with Crippen molar-refractivity contribution in [1.29, 1.82) is 0 Å². The highest BCUT2D eigenvalue weighted by atomic mass is 79.9. The Kier molecular flexibility index (Phi) is 5.40. The highest BCUT2D eigenvalue weighted by Crippen LogP contribution is 2.46. The summed E-state index contributed by atoms with van der Waals surface area (Å²) in [6.45, 7) is 1.95. The molecule has 33 heavy (non-hydrogen) atoms. The number of aryl methyl sites for hydroxylation is 1. The van der Waals surface area contributed by atoms with E-state index in [4.69, 9.17) is 21.1 Å². The molecule has 1 aromatic heterocycles. The van der Waals surface area contributed by atoms with Crippen molar-refractivity contribution >= 4 is 27.5 Å². The molecule has 2 fully saturated rings. The number of alkyl halides is 1. The Labute approximate surface area is 206 Å². The first kappa shape index (κ1) is 22.1. The molecule has 6 rings (SSSR count). The van der Waals surface area contributed by atoms with Gasteiger partial charge in [0.1, 0.15) is 18.4 Å². The molecule has 8 heteroatoms. The molecule has 176 valence electrons. The summed E-state index contributed by atoms with van der Waals surface area (Å²) in [7, 11) is 0. The average Bonchev–Trinajstić information content (AvgIpc) is 3.31.